The van der Waals surface area contributed by atoms with Crippen molar-refractivity contribution < 1.29 is 9.90 Å². The smallest absolute Gasteiger partial charge is 0.319 e. The number of pyridine rings is 1. The fraction of sp³-hybridized carbons (Fsp3) is 0.300. The summed E-state index contributed by atoms with van der Waals surface area (Å²) in [5.74, 6) is -0.916. The molecule has 0 unspecified atom stereocenters. The van der Waals surface area contributed by atoms with Gasteiger partial charge in [-0.15, -0.1) is 11.8 Å². The highest BCUT2D eigenvalue weighted by Gasteiger charge is 2.29. The number of hydrogen-bond acceptors (Lipinski definition) is 4. The van der Waals surface area contributed by atoms with Gasteiger partial charge in [-0.1, -0.05) is 0 Å². The summed E-state index contributed by atoms with van der Waals surface area (Å²) < 4.78 is -0.964. The minimum atomic E-state index is -0.964. The summed E-state index contributed by atoms with van der Waals surface area (Å²) in [4.78, 5) is 15.4. The Bertz CT molecular complexity index is 424. The molecule has 0 aliphatic rings. The number of nitrogens with zero attached hydrogens (tertiary/aromatic N) is 2. The highest BCUT2D eigenvalue weighted by Crippen LogP contribution is 2.33. The second-order valence-corrected chi connectivity index (χ2v) is 5.04. The molecule has 1 heterocycles. The van der Waals surface area contributed by atoms with Crippen molar-refractivity contribution in [1.82, 2.24) is 4.98 Å². The molecule has 0 fully saturated rings. The molecule has 0 saturated heterocycles. The van der Waals surface area contributed by atoms with Crippen molar-refractivity contribution in [2.24, 2.45) is 0 Å². The van der Waals surface area contributed by atoms with E-state index in [-0.39, 0.29) is 5.69 Å². The van der Waals surface area contributed by atoms with Crippen LogP contribution in [0.15, 0.2) is 23.2 Å². The molecule has 1 aromatic rings. The minimum Gasteiger partial charge on any atom is -0.480 e. The maximum atomic E-state index is 10.9. The molecule has 0 saturated carbocycles. The number of aromatic nitrogens is 1. The summed E-state index contributed by atoms with van der Waals surface area (Å²) in [6, 6.07) is 5.31. The third kappa shape index (κ3) is 2.70. The maximum absolute atomic E-state index is 10.9. The molecule has 1 N–H and O–H groups in total. The fourth-order valence-electron chi connectivity index (χ4n) is 0.875. The topological polar surface area (TPSA) is 74.0 Å². The Balaban J connectivity index is 3.00. The highest BCUT2D eigenvalue weighted by atomic mass is 32.2. The summed E-state index contributed by atoms with van der Waals surface area (Å²) in [5.41, 5.74) is 0.261. The third-order valence-corrected chi connectivity index (χ3v) is 2.99. The zero-order chi connectivity index (χ0) is 11.5. The number of nitriles is 1. The Hall–Kier alpha value is -1.54. The lowest BCUT2D eigenvalue weighted by Crippen LogP contribution is -2.27. The van der Waals surface area contributed by atoms with Crippen LogP contribution in [-0.2, 0) is 4.79 Å². The van der Waals surface area contributed by atoms with E-state index in [0.29, 0.717) is 4.90 Å². The molecule has 0 radical (unpaired) electrons. The van der Waals surface area contributed by atoms with Crippen molar-refractivity contribution >= 4 is 17.7 Å². The first-order valence-electron chi connectivity index (χ1n) is 4.25. The van der Waals surface area contributed by atoms with E-state index in [2.05, 4.69) is 4.98 Å². The van der Waals surface area contributed by atoms with Gasteiger partial charge in [0.1, 0.15) is 10.8 Å². The monoisotopic (exact) mass is 222 g/mol. The number of carboxylic acid groups (broad SMARTS) is 1. The van der Waals surface area contributed by atoms with E-state index in [4.69, 9.17) is 10.4 Å². The quantitative estimate of drug-likeness (QED) is 0.791. The standard InChI is InChI=1S/C10H10N2O2S/c1-10(2,9(13)14)15-8-4-3-5-12-7(8)6-11/h3-5H,1-2H3,(H,13,14). The van der Waals surface area contributed by atoms with Crippen LogP contribution in [0.3, 0.4) is 0 Å². The summed E-state index contributed by atoms with van der Waals surface area (Å²) >= 11 is 1.12. The Morgan fingerprint density at radius 1 is 1.67 bits per heavy atom. The van der Waals surface area contributed by atoms with Crippen LogP contribution >= 0.6 is 11.8 Å². The van der Waals surface area contributed by atoms with E-state index in [1.54, 1.807) is 26.0 Å². The largest absolute Gasteiger partial charge is 0.480 e. The van der Waals surface area contributed by atoms with Gasteiger partial charge in [0, 0.05) is 11.1 Å². The Morgan fingerprint density at radius 3 is 2.87 bits per heavy atom. The molecule has 0 aromatic carbocycles. The van der Waals surface area contributed by atoms with E-state index in [1.165, 1.54) is 6.20 Å². The van der Waals surface area contributed by atoms with Crippen LogP contribution in [0.2, 0.25) is 0 Å². The SMILES string of the molecule is CC(C)(Sc1cccnc1C#N)C(=O)O. The van der Waals surface area contributed by atoms with Crippen molar-refractivity contribution in [3.05, 3.63) is 24.0 Å². The van der Waals surface area contributed by atoms with Crippen LogP contribution in [-0.4, -0.2) is 20.8 Å². The second-order valence-electron chi connectivity index (χ2n) is 3.38. The molecule has 4 nitrogen and oxygen atoms in total. The number of thioether (sulfide) groups is 1. The van der Waals surface area contributed by atoms with Gasteiger partial charge in [0.15, 0.2) is 5.69 Å². The van der Waals surface area contributed by atoms with Crippen molar-refractivity contribution in [2.75, 3.05) is 0 Å². The normalized spacial score (nSPS) is 10.7. The first kappa shape index (κ1) is 11.5. The van der Waals surface area contributed by atoms with Gasteiger partial charge in [-0.05, 0) is 26.0 Å². The van der Waals surface area contributed by atoms with Crippen LogP contribution in [0.25, 0.3) is 0 Å². The zero-order valence-corrected chi connectivity index (χ0v) is 9.21. The second kappa shape index (κ2) is 4.32. The Labute approximate surface area is 91.9 Å². The lowest BCUT2D eigenvalue weighted by atomic mass is 10.2. The number of aliphatic carboxylic acids is 1. The predicted octanol–water partition coefficient (Wildman–Crippen LogP) is 1.91. The molecule has 0 bridgehead atoms. The van der Waals surface area contributed by atoms with Gasteiger partial charge < -0.3 is 5.11 Å². The van der Waals surface area contributed by atoms with E-state index in [1.807, 2.05) is 6.07 Å². The van der Waals surface area contributed by atoms with E-state index >= 15 is 0 Å². The van der Waals surface area contributed by atoms with Gasteiger partial charge in [-0.3, -0.25) is 4.79 Å². The molecule has 1 rings (SSSR count). The molecular formula is C10H10N2O2S. The van der Waals surface area contributed by atoms with E-state index in [9.17, 15) is 4.79 Å². The molecule has 0 aliphatic carbocycles. The predicted molar refractivity (Wildman–Crippen MR) is 56.5 cm³/mol. The van der Waals surface area contributed by atoms with Crippen molar-refractivity contribution in [1.29, 1.82) is 5.26 Å². The Kier molecular flexibility index (Phi) is 3.32. The van der Waals surface area contributed by atoms with Crippen molar-refractivity contribution in [3.8, 4) is 6.07 Å². The first-order valence-corrected chi connectivity index (χ1v) is 5.06. The summed E-state index contributed by atoms with van der Waals surface area (Å²) in [6.45, 7) is 3.18. The van der Waals surface area contributed by atoms with Gasteiger partial charge in [0.25, 0.3) is 0 Å². The third-order valence-electron chi connectivity index (χ3n) is 1.76. The Morgan fingerprint density at radius 2 is 2.33 bits per heavy atom. The highest BCUT2D eigenvalue weighted by molar-refractivity contribution is 8.01. The average Bonchev–Trinajstić information content (AvgIpc) is 2.18. The molecule has 0 amide bonds. The maximum Gasteiger partial charge on any atom is 0.319 e. The van der Waals surface area contributed by atoms with Crippen LogP contribution in [0, 0.1) is 11.3 Å². The van der Waals surface area contributed by atoms with Gasteiger partial charge in [0.2, 0.25) is 0 Å². The molecule has 0 atom stereocenters. The van der Waals surface area contributed by atoms with Crippen LogP contribution in [0.5, 0.6) is 0 Å². The van der Waals surface area contributed by atoms with E-state index < -0.39 is 10.7 Å². The average molecular weight is 222 g/mol. The van der Waals surface area contributed by atoms with Crippen molar-refractivity contribution in [2.45, 2.75) is 23.5 Å². The van der Waals surface area contributed by atoms with Gasteiger partial charge in [0.05, 0.1) is 0 Å². The number of rotatable bonds is 3. The first-order chi connectivity index (χ1) is 6.97. The molecular weight excluding hydrogens is 212 g/mol. The van der Waals surface area contributed by atoms with Crippen LogP contribution in [0.4, 0.5) is 0 Å². The van der Waals surface area contributed by atoms with Gasteiger partial charge in [-0.25, -0.2) is 4.98 Å². The minimum absolute atomic E-state index is 0.261. The molecule has 15 heavy (non-hydrogen) atoms. The summed E-state index contributed by atoms with van der Waals surface area (Å²) in [6.07, 6.45) is 1.51. The summed E-state index contributed by atoms with van der Waals surface area (Å²) in [7, 11) is 0. The lowest BCUT2D eigenvalue weighted by molar-refractivity contribution is -0.138. The number of carboxylic acids is 1. The zero-order valence-electron chi connectivity index (χ0n) is 8.39. The molecule has 1 aromatic heterocycles. The molecule has 5 heteroatoms. The lowest BCUT2D eigenvalue weighted by Gasteiger charge is -2.18. The molecule has 78 valence electrons. The van der Waals surface area contributed by atoms with Crippen LogP contribution in [0.1, 0.15) is 19.5 Å². The van der Waals surface area contributed by atoms with Crippen LogP contribution < -0.4 is 0 Å². The summed E-state index contributed by atoms with van der Waals surface area (Å²) in [5, 5.41) is 17.7. The number of hydrogen-bond donors (Lipinski definition) is 1. The van der Waals surface area contributed by atoms with Gasteiger partial charge in [-0.2, -0.15) is 5.26 Å². The number of carbonyl (C=O) groups is 1. The van der Waals surface area contributed by atoms with E-state index in [0.717, 1.165) is 11.8 Å². The van der Waals surface area contributed by atoms with Gasteiger partial charge >= 0.3 is 5.97 Å². The fourth-order valence-corrected chi connectivity index (χ4v) is 1.85. The molecule has 0 spiro atoms. The molecule has 0 aliphatic heterocycles. The van der Waals surface area contributed by atoms with Crippen molar-refractivity contribution in [3.63, 3.8) is 0 Å².